The molecule has 7 nitrogen and oxygen atoms in total. The minimum Gasteiger partial charge on any atom is -0.481 e. The molecule has 0 aliphatic carbocycles. The predicted molar refractivity (Wildman–Crippen MR) is 101 cm³/mol. The number of aliphatic carboxylic acids is 1. The summed E-state index contributed by atoms with van der Waals surface area (Å²) in [6.07, 6.45) is -0.197. The van der Waals surface area contributed by atoms with Crippen molar-refractivity contribution in [3.8, 4) is 0 Å². The molecule has 27 heavy (non-hydrogen) atoms. The molecule has 1 amide bonds. The van der Waals surface area contributed by atoms with Crippen LogP contribution in [0.5, 0.6) is 0 Å². The highest BCUT2D eigenvalue weighted by atomic mass is 16.4. The lowest BCUT2D eigenvalue weighted by Gasteiger charge is -2.19. The van der Waals surface area contributed by atoms with Gasteiger partial charge in [-0.15, -0.1) is 0 Å². The smallest absolute Gasteiger partial charge is 0.305 e. The Hall–Kier alpha value is -3.61. The number of carboxylic acid groups (broad SMARTS) is 1. The number of carboxylic acids is 1. The molecule has 2 heterocycles. The van der Waals surface area contributed by atoms with Gasteiger partial charge in [0.05, 0.1) is 23.5 Å². The van der Waals surface area contributed by atoms with Crippen LogP contribution in [0.3, 0.4) is 0 Å². The summed E-state index contributed by atoms with van der Waals surface area (Å²) < 4.78 is 1.74. The molecule has 0 radical (unpaired) electrons. The zero-order valence-corrected chi connectivity index (χ0v) is 14.6. The van der Waals surface area contributed by atoms with E-state index in [4.69, 9.17) is 0 Å². The summed E-state index contributed by atoms with van der Waals surface area (Å²) in [6.45, 7) is 1.89. The van der Waals surface area contributed by atoms with Crippen molar-refractivity contribution in [3.63, 3.8) is 0 Å². The van der Waals surface area contributed by atoms with Gasteiger partial charge in [0.25, 0.3) is 5.91 Å². The summed E-state index contributed by atoms with van der Waals surface area (Å²) in [5, 5.41) is 15.1. The number of aromatic nitrogens is 3. The number of hydrogen-bond acceptors (Lipinski definition) is 3. The van der Waals surface area contributed by atoms with E-state index in [0.717, 1.165) is 22.2 Å². The molecule has 0 unspecified atom stereocenters. The van der Waals surface area contributed by atoms with Crippen molar-refractivity contribution in [1.82, 2.24) is 19.9 Å². The second-order valence-electron chi connectivity index (χ2n) is 6.44. The first-order chi connectivity index (χ1) is 13.0. The normalized spacial score (nSPS) is 12.3. The average molecular weight is 362 g/mol. The molecule has 1 atom stereocenters. The van der Waals surface area contributed by atoms with Crippen molar-refractivity contribution in [2.45, 2.75) is 19.4 Å². The quantitative estimate of drug-likeness (QED) is 0.508. The molecular weight excluding hydrogens is 344 g/mol. The van der Waals surface area contributed by atoms with Crippen LogP contribution >= 0.6 is 0 Å². The molecule has 0 aliphatic rings. The van der Waals surface area contributed by atoms with Crippen LogP contribution in [0, 0.1) is 6.92 Å². The van der Waals surface area contributed by atoms with E-state index in [1.807, 2.05) is 55.5 Å². The molecule has 0 spiro atoms. The number of H-pyrrole nitrogens is 1. The minimum absolute atomic E-state index is 0.197. The summed E-state index contributed by atoms with van der Waals surface area (Å²) >= 11 is 0. The van der Waals surface area contributed by atoms with Gasteiger partial charge in [-0.05, 0) is 30.2 Å². The Morgan fingerprint density at radius 3 is 2.70 bits per heavy atom. The van der Waals surface area contributed by atoms with Gasteiger partial charge in [0.1, 0.15) is 5.69 Å². The van der Waals surface area contributed by atoms with Gasteiger partial charge in [-0.2, -0.15) is 0 Å². The lowest BCUT2D eigenvalue weighted by Crippen LogP contribution is -2.31. The molecule has 2 aromatic heterocycles. The number of aromatic amines is 1. The molecular formula is C20H18N4O3. The Morgan fingerprint density at radius 1 is 1.19 bits per heavy atom. The highest BCUT2D eigenvalue weighted by molar-refractivity contribution is 5.95. The van der Waals surface area contributed by atoms with Crippen LogP contribution < -0.4 is 5.32 Å². The van der Waals surface area contributed by atoms with Gasteiger partial charge >= 0.3 is 5.97 Å². The first-order valence-electron chi connectivity index (χ1n) is 8.57. The van der Waals surface area contributed by atoms with Crippen LogP contribution in [0.1, 0.15) is 34.1 Å². The van der Waals surface area contributed by atoms with Crippen LogP contribution in [0.15, 0.2) is 54.6 Å². The Bertz CT molecular complexity index is 1160. The SMILES string of the molecule is Cc1ccccc1[C@@H](CC(=O)O)NC(=O)c1cc2nc3ccccc3n2[nH]1. The number of carbonyl (C=O) groups is 2. The van der Waals surface area contributed by atoms with Gasteiger partial charge in [0.2, 0.25) is 0 Å². The summed E-state index contributed by atoms with van der Waals surface area (Å²) in [7, 11) is 0. The Balaban J connectivity index is 1.65. The standard InChI is InChI=1S/C20H18N4O3/c1-12-6-2-3-7-13(12)15(11-19(25)26)22-20(27)16-10-18-21-14-8-4-5-9-17(14)24(18)23-16/h2-10,15,23H,11H2,1H3,(H,22,27)(H,25,26)/t15-/m1/s1. The van der Waals surface area contributed by atoms with Crippen LogP contribution in [-0.2, 0) is 4.79 Å². The maximum absolute atomic E-state index is 12.7. The Morgan fingerprint density at radius 2 is 1.93 bits per heavy atom. The van der Waals surface area contributed by atoms with Crippen molar-refractivity contribution in [3.05, 3.63) is 71.4 Å². The highest BCUT2D eigenvalue weighted by Crippen LogP contribution is 2.22. The molecule has 7 heteroatoms. The molecule has 136 valence electrons. The lowest BCUT2D eigenvalue weighted by molar-refractivity contribution is -0.137. The number of imidazole rings is 1. The van der Waals surface area contributed by atoms with E-state index in [0.29, 0.717) is 11.3 Å². The van der Waals surface area contributed by atoms with Crippen LogP contribution in [0.25, 0.3) is 16.7 Å². The molecule has 0 fully saturated rings. The van der Waals surface area contributed by atoms with E-state index < -0.39 is 12.0 Å². The number of carbonyl (C=O) groups excluding carboxylic acids is 1. The van der Waals surface area contributed by atoms with Crippen molar-refractivity contribution in [2.24, 2.45) is 0 Å². The Labute approximate surface area is 154 Å². The molecule has 3 N–H and O–H groups in total. The topological polar surface area (TPSA) is 99.5 Å². The zero-order valence-electron chi connectivity index (χ0n) is 14.6. The number of amides is 1. The third kappa shape index (κ3) is 3.15. The molecule has 4 rings (SSSR count). The molecule has 4 aromatic rings. The number of para-hydroxylation sites is 2. The van der Waals surface area contributed by atoms with Gasteiger partial charge in [-0.3, -0.25) is 14.7 Å². The maximum atomic E-state index is 12.7. The monoisotopic (exact) mass is 362 g/mol. The molecule has 0 aliphatic heterocycles. The van der Waals surface area contributed by atoms with E-state index in [9.17, 15) is 14.7 Å². The van der Waals surface area contributed by atoms with E-state index >= 15 is 0 Å². The van der Waals surface area contributed by atoms with E-state index in [1.54, 1.807) is 10.6 Å². The van der Waals surface area contributed by atoms with Crippen LogP contribution in [0.4, 0.5) is 0 Å². The second-order valence-corrected chi connectivity index (χ2v) is 6.44. The molecule has 0 saturated heterocycles. The first-order valence-corrected chi connectivity index (χ1v) is 8.57. The largest absolute Gasteiger partial charge is 0.481 e. The van der Waals surface area contributed by atoms with E-state index in [2.05, 4.69) is 15.4 Å². The van der Waals surface area contributed by atoms with Crippen molar-refractivity contribution in [1.29, 1.82) is 0 Å². The fourth-order valence-electron chi connectivity index (χ4n) is 3.28. The van der Waals surface area contributed by atoms with Gasteiger partial charge in [0, 0.05) is 6.07 Å². The van der Waals surface area contributed by atoms with Gasteiger partial charge in [-0.1, -0.05) is 36.4 Å². The van der Waals surface area contributed by atoms with Gasteiger partial charge in [-0.25, -0.2) is 9.50 Å². The summed E-state index contributed by atoms with van der Waals surface area (Å²) in [4.78, 5) is 28.5. The number of aryl methyl sites for hydroxylation is 1. The molecule has 2 aromatic carbocycles. The number of rotatable bonds is 5. The fraction of sp³-hybridized carbons (Fsp3) is 0.150. The fourth-order valence-corrected chi connectivity index (χ4v) is 3.28. The van der Waals surface area contributed by atoms with Gasteiger partial charge < -0.3 is 10.4 Å². The minimum atomic E-state index is -0.976. The predicted octanol–water partition coefficient (Wildman–Crippen LogP) is 3.07. The summed E-state index contributed by atoms with van der Waals surface area (Å²) in [6, 6.07) is 16.1. The van der Waals surface area contributed by atoms with Crippen LogP contribution in [-0.4, -0.2) is 31.6 Å². The average Bonchev–Trinajstić information content (AvgIpc) is 3.19. The highest BCUT2D eigenvalue weighted by Gasteiger charge is 2.22. The second kappa shape index (κ2) is 6.60. The molecule has 0 saturated carbocycles. The molecule has 0 bridgehead atoms. The number of nitrogens with one attached hydrogen (secondary N) is 2. The first kappa shape index (κ1) is 16.8. The zero-order chi connectivity index (χ0) is 19.0. The van der Waals surface area contributed by atoms with E-state index in [1.165, 1.54) is 0 Å². The maximum Gasteiger partial charge on any atom is 0.305 e. The number of hydrogen-bond donors (Lipinski definition) is 3. The summed E-state index contributed by atoms with van der Waals surface area (Å²) in [5.41, 5.74) is 4.37. The van der Waals surface area contributed by atoms with Crippen molar-refractivity contribution >= 4 is 28.6 Å². The summed E-state index contributed by atoms with van der Waals surface area (Å²) in [5.74, 6) is -1.35. The van der Waals surface area contributed by atoms with Gasteiger partial charge in [0.15, 0.2) is 5.65 Å². The third-order valence-corrected chi connectivity index (χ3v) is 4.58. The Kier molecular flexibility index (Phi) is 4.12. The van der Waals surface area contributed by atoms with Crippen molar-refractivity contribution < 1.29 is 14.7 Å². The van der Waals surface area contributed by atoms with E-state index in [-0.39, 0.29) is 12.3 Å². The number of benzene rings is 2. The lowest BCUT2D eigenvalue weighted by atomic mass is 9.98. The van der Waals surface area contributed by atoms with Crippen molar-refractivity contribution in [2.75, 3.05) is 0 Å². The number of fused-ring (bicyclic) bond motifs is 3. The third-order valence-electron chi connectivity index (χ3n) is 4.58. The number of nitrogens with zero attached hydrogens (tertiary/aromatic N) is 2. The van der Waals surface area contributed by atoms with Crippen LogP contribution in [0.2, 0.25) is 0 Å².